The molecular weight excluding hydrogens is 648 g/mol. The number of rotatable bonds is 4. The van der Waals surface area contributed by atoms with Crippen LogP contribution in [0.2, 0.25) is 0 Å². The predicted molar refractivity (Wildman–Crippen MR) is 176 cm³/mol. The van der Waals surface area contributed by atoms with Gasteiger partial charge in [0.15, 0.2) is 0 Å². The molecule has 0 spiro atoms. The first-order valence-corrected chi connectivity index (χ1v) is 16.2. The van der Waals surface area contributed by atoms with E-state index in [1.807, 2.05) is 60.7 Å². The fraction of sp³-hybridized carbons (Fsp3) is 0.270. The van der Waals surface area contributed by atoms with Crippen LogP contribution in [0, 0.1) is 29.1 Å². The molecule has 4 aromatic carbocycles. The standard InChI is InChI=1S/C37H29BrN2O6/c1-4-46-35(45)26-19(2)37(38)29-27(31(41)39(33(29)43)24-17-9-13-20-11-5-7-15-22(20)24)36(26,3)28-30(37)34(44)40(32(28)42)25-18-10-14-21-12-6-8-16-23(21)25/h5-18,27-30H,4H2,1-3H3. The molecule has 9 rings (SSSR count). The highest BCUT2D eigenvalue weighted by molar-refractivity contribution is 9.10. The Kier molecular flexibility index (Phi) is 6.07. The first-order valence-electron chi connectivity index (χ1n) is 15.4. The monoisotopic (exact) mass is 676 g/mol. The lowest BCUT2D eigenvalue weighted by molar-refractivity contribution is -0.152. The van der Waals surface area contributed by atoms with Crippen molar-refractivity contribution in [1.29, 1.82) is 0 Å². The number of hydrogen-bond donors (Lipinski definition) is 0. The summed E-state index contributed by atoms with van der Waals surface area (Å²) < 4.78 is 4.04. The van der Waals surface area contributed by atoms with E-state index in [0.717, 1.165) is 21.5 Å². The fourth-order valence-corrected chi connectivity index (χ4v) is 10.1. The van der Waals surface area contributed by atoms with Gasteiger partial charge in [0, 0.05) is 21.8 Å². The zero-order valence-corrected chi connectivity index (χ0v) is 26.9. The second-order valence-electron chi connectivity index (χ2n) is 12.7. The van der Waals surface area contributed by atoms with Gasteiger partial charge in [-0.2, -0.15) is 0 Å². The maximum absolute atomic E-state index is 14.8. The summed E-state index contributed by atoms with van der Waals surface area (Å²) in [5.74, 6) is -6.92. The minimum atomic E-state index is -1.51. The van der Waals surface area contributed by atoms with E-state index in [-0.39, 0.29) is 12.2 Å². The van der Waals surface area contributed by atoms with Crippen LogP contribution in [-0.4, -0.2) is 40.5 Å². The Bertz CT molecular complexity index is 1990. The molecular formula is C37H29BrN2O6. The number of esters is 1. The predicted octanol–water partition coefficient (Wildman–Crippen LogP) is 5.95. The first-order chi connectivity index (χ1) is 22.1. The van der Waals surface area contributed by atoms with Crippen LogP contribution in [0.15, 0.2) is 96.1 Å². The van der Waals surface area contributed by atoms with Crippen molar-refractivity contribution in [2.75, 3.05) is 16.4 Å². The Morgan fingerprint density at radius 2 is 1.11 bits per heavy atom. The second-order valence-corrected chi connectivity index (χ2v) is 14.0. The molecule has 4 aromatic rings. The summed E-state index contributed by atoms with van der Waals surface area (Å²) in [4.78, 5) is 75.2. The van der Waals surface area contributed by atoms with Crippen molar-refractivity contribution < 1.29 is 28.7 Å². The molecule has 9 heteroatoms. The summed E-state index contributed by atoms with van der Waals surface area (Å²) in [6.45, 7) is 5.17. The quantitative estimate of drug-likeness (QED) is 0.150. The van der Waals surface area contributed by atoms with Gasteiger partial charge in [0.1, 0.15) is 0 Å². The third-order valence-corrected chi connectivity index (χ3v) is 12.4. The minimum Gasteiger partial charge on any atom is -0.463 e. The number of benzene rings is 4. The second kappa shape index (κ2) is 9.69. The van der Waals surface area contributed by atoms with Crippen molar-refractivity contribution in [3.05, 3.63) is 96.1 Å². The molecule has 4 amide bonds. The van der Waals surface area contributed by atoms with E-state index in [9.17, 15) is 24.0 Å². The molecule has 5 aliphatic rings. The molecule has 1 saturated carbocycles. The number of allylic oxidation sites excluding steroid dienone is 1. The third-order valence-electron chi connectivity index (χ3n) is 10.8. The Hall–Kier alpha value is -4.63. The smallest absolute Gasteiger partial charge is 0.334 e. The summed E-state index contributed by atoms with van der Waals surface area (Å²) in [6, 6.07) is 25.8. The average Bonchev–Trinajstić information content (AvgIpc) is 3.49. The third kappa shape index (κ3) is 3.31. The molecule has 8 nitrogen and oxygen atoms in total. The van der Waals surface area contributed by atoms with Gasteiger partial charge in [-0.3, -0.25) is 19.2 Å². The maximum Gasteiger partial charge on any atom is 0.334 e. The highest BCUT2D eigenvalue weighted by atomic mass is 79.9. The number of imide groups is 2. The number of alkyl halides is 1. The van der Waals surface area contributed by atoms with E-state index in [0.29, 0.717) is 16.9 Å². The molecule has 2 bridgehead atoms. The number of fused-ring (bicyclic) bond motifs is 2. The van der Waals surface area contributed by atoms with Crippen LogP contribution < -0.4 is 9.80 Å². The van der Waals surface area contributed by atoms with Crippen molar-refractivity contribution in [3.63, 3.8) is 0 Å². The highest BCUT2D eigenvalue weighted by Gasteiger charge is 2.81. The molecule has 2 saturated heterocycles. The van der Waals surface area contributed by atoms with E-state index < -0.39 is 63.0 Å². The molecule has 0 radical (unpaired) electrons. The molecule has 3 aliphatic carbocycles. The van der Waals surface area contributed by atoms with Gasteiger partial charge >= 0.3 is 5.97 Å². The van der Waals surface area contributed by atoms with E-state index in [1.165, 1.54) is 9.80 Å². The zero-order valence-electron chi connectivity index (χ0n) is 25.3. The largest absolute Gasteiger partial charge is 0.463 e. The van der Waals surface area contributed by atoms with Gasteiger partial charge in [-0.05, 0) is 42.3 Å². The lowest BCUT2D eigenvalue weighted by Crippen LogP contribution is -2.67. The number of ether oxygens (including phenoxy) is 1. The van der Waals surface area contributed by atoms with Crippen LogP contribution in [0.25, 0.3) is 21.5 Å². The Morgan fingerprint density at radius 1 is 0.696 bits per heavy atom. The van der Waals surface area contributed by atoms with Crippen molar-refractivity contribution in [1.82, 2.24) is 0 Å². The van der Waals surface area contributed by atoms with E-state index in [1.54, 1.807) is 45.0 Å². The Labute approximate surface area is 273 Å². The van der Waals surface area contributed by atoms with Crippen LogP contribution in [-0.2, 0) is 28.7 Å². The van der Waals surface area contributed by atoms with Crippen LogP contribution in [0.3, 0.4) is 0 Å². The topological polar surface area (TPSA) is 101 Å². The molecule has 4 unspecified atom stereocenters. The molecule has 230 valence electrons. The number of hydrogen-bond acceptors (Lipinski definition) is 6. The number of anilines is 2. The number of carbonyl (C=O) groups excluding carboxylic acids is 5. The molecule has 0 N–H and O–H groups in total. The summed E-state index contributed by atoms with van der Waals surface area (Å²) in [5, 5.41) is 3.15. The Balaban J connectivity index is 1.36. The van der Waals surface area contributed by atoms with E-state index in [2.05, 4.69) is 15.9 Å². The Morgan fingerprint density at radius 3 is 1.57 bits per heavy atom. The zero-order chi connectivity index (χ0) is 32.3. The normalized spacial score (nSPS) is 30.1. The summed E-state index contributed by atoms with van der Waals surface area (Å²) in [6.07, 6.45) is 0. The van der Waals surface area contributed by atoms with Gasteiger partial charge in [0.25, 0.3) is 0 Å². The van der Waals surface area contributed by atoms with Crippen molar-refractivity contribution >= 4 is 78.4 Å². The molecule has 0 aromatic heterocycles. The lowest BCUT2D eigenvalue weighted by atomic mass is 9.43. The van der Waals surface area contributed by atoms with Crippen molar-refractivity contribution in [2.24, 2.45) is 29.1 Å². The maximum atomic E-state index is 14.8. The fourth-order valence-electron chi connectivity index (χ4n) is 9.01. The summed E-state index contributed by atoms with van der Waals surface area (Å²) >= 11 is 3.87. The summed E-state index contributed by atoms with van der Waals surface area (Å²) in [7, 11) is 0. The van der Waals surface area contributed by atoms with Crippen LogP contribution in [0.5, 0.6) is 0 Å². The number of halogens is 1. The molecule has 46 heavy (non-hydrogen) atoms. The van der Waals surface area contributed by atoms with Gasteiger partial charge in [0.2, 0.25) is 23.6 Å². The van der Waals surface area contributed by atoms with E-state index in [4.69, 9.17) is 4.74 Å². The van der Waals surface area contributed by atoms with Gasteiger partial charge < -0.3 is 4.74 Å². The van der Waals surface area contributed by atoms with Crippen molar-refractivity contribution in [3.8, 4) is 0 Å². The molecule has 2 heterocycles. The number of nitrogens with zero attached hydrogens (tertiary/aromatic N) is 2. The van der Waals surface area contributed by atoms with Crippen molar-refractivity contribution in [2.45, 2.75) is 25.1 Å². The highest BCUT2D eigenvalue weighted by Crippen LogP contribution is 2.72. The first kappa shape index (κ1) is 28.8. The van der Waals surface area contributed by atoms with E-state index >= 15 is 0 Å². The van der Waals surface area contributed by atoms with Gasteiger partial charge in [0.05, 0.1) is 46.0 Å². The lowest BCUT2D eigenvalue weighted by Gasteiger charge is -2.59. The van der Waals surface area contributed by atoms with Crippen LogP contribution in [0.1, 0.15) is 20.8 Å². The number of amides is 4. The van der Waals surface area contributed by atoms with Crippen LogP contribution >= 0.6 is 15.9 Å². The summed E-state index contributed by atoms with van der Waals surface area (Å²) in [5.41, 5.74) is -0.0399. The molecule has 3 fully saturated rings. The average molecular weight is 678 g/mol. The SMILES string of the molecule is CCOC(=O)C1=C(C)C2(Br)C3C(=O)N(c4cccc5ccccc45)C(=O)C3C1(C)C1C(=O)N(c3cccc4ccccc34)C(=O)C12. The van der Waals surface area contributed by atoms with Gasteiger partial charge in [-0.25, -0.2) is 14.6 Å². The molecule has 2 aliphatic heterocycles. The number of carbonyl (C=O) groups is 5. The molecule has 4 atom stereocenters. The van der Waals surface area contributed by atoms with Gasteiger partial charge in [-0.1, -0.05) is 95.7 Å². The minimum absolute atomic E-state index is 0.0766. The van der Waals surface area contributed by atoms with Crippen LogP contribution in [0.4, 0.5) is 11.4 Å². The van der Waals surface area contributed by atoms with Gasteiger partial charge in [-0.15, -0.1) is 0 Å².